The van der Waals surface area contributed by atoms with Gasteiger partial charge in [0.05, 0.1) is 6.10 Å². The fourth-order valence-corrected chi connectivity index (χ4v) is 6.91. The number of nitrogens with zero attached hydrogens (tertiary/aromatic N) is 1. The van der Waals surface area contributed by atoms with E-state index in [0.29, 0.717) is 11.8 Å². The molecular formula is C21H27NO3. The van der Waals surface area contributed by atoms with Crippen molar-refractivity contribution in [1.82, 2.24) is 4.90 Å². The van der Waals surface area contributed by atoms with Gasteiger partial charge in [-0.15, -0.1) is 0 Å². The summed E-state index contributed by atoms with van der Waals surface area (Å²) in [5.74, 6) is 1.82. The molecule has 3 aliphatic carbocycles. The van der Waals surface area contributed by atoms with Crippen molar-refractivity contribution in [2.45, 2.75) is 69.1 Å². The van der Waals surface area contributed by atoms with Crippen molar-refractivity contribution in [3.63, 3.8) is 0 Å². The Kier molecular flexibility index (Phi) is 2.69. The Labute approximate surface area is 148 Å². The molecule has 0 radical (unpaired) electrons. The first-order valence-corrected chi connectivity index (χ1v) is 9.99. The third kappa shape index (κ3) is 1.62. The van der Waals surface area contributed by atoms with E-state index in [1.54, 1.807) is 6.07 Å². The number of aliphatic hydroxyl groups is 1. The Morgan fingerprint density at radius 3 is 2.88 bits per heavy atom. The molecule has 3 fully saturated rings. The average molecular weight is 341 g/mol. The highest BCUT2D eigenvalue weighted by Crippen LogP contribution is 2.69. The van der Waals surface area contributed by atoms with Gasteiger partial charge in [-0.1, -0.05) is 13.0 Å². The Bertz CT molecular complexity index is 760. The normalized spacial score (nSPS) is 44.3. The lowest BCUT2D eigenvalue weighted by molar-refractivity contribution is -0.153. The first kappa shape index (κ1) is 14.9. The number of phenols is 1. The van der Waals surface area contributed by atoms with Gasteiger partial charge in [-0.3, -0.25) is 4.90 Å². The zero-order valence-electron chi connectivity index (χ0n) is 14.9. The molecule has 2 saturated carbocycles. The number of likely N-dealkylation sites (tertiary alicyclic amines) is 1. The highest BCUT2D eigenvalue weighted by Gasteiger charge is 2.71. The van der Waals surface area contributed by atoms with E-state index in [2.05, 4.69) is 17.9 Å². The molecule has 2 heterocycles. The van der Waals surface area contributed by atoms with Gasteiger partial charge in [0, 0.05) is 23.6 Å². The summed E-state index contributed by atoms with van der Waals surface area (Å²) in [4.78, 5) is 2.76. The van der Waals surface area contributed by atoms with Gasteiger partial charge >= 0.3 is 0 Å². The van der Waals surface area contributed by atoms with Gasteiger partial charge in [0.1, 0.15) is 6.10 Å². The van der Waals surface area contributed by atoms with Crippen LogP contribution in [0.1, 0.15) is 50.2 Å². The van der Waals surface area contributed by atoms with Crippen molar-refractivity contribution < 1.29 is 14.9 Å². The Morgan fingerprint density at radius 2 is 2.08 bits per heavy atom. The molecule has 2 N–H and O–H groups in total. The maximum Gasteiger partial charge on any atom is 0.165 e. The van der Waals surface area contributed by atoms with Gasteiger partial charge in [0.25, 0.3) is 0 Å². The molecule has 0 amide bonds. The van der Waals surface area contributed by atoms with Crippen LogP contribution in [-0.4, -0.2) is 46.5 Å². The maximum atomic E-state index is 10.8. The van der Waals surface area contributed by atoms with Crippen LogP contribution in [0.5, 0.6) is 11.5 Å². The van der Waals surface area contributed by atoms with Crippen molar-refractivity contribution in [2.75, 3.05) is 13.1 Å². The second kappa shape index (κ2) is 4.52. The first-order valence-electron chi connectivity index (χ1n) is 9.99. The van der Waals surface area contributed by atoms with Crippen LogP contribution in [0.25, 0.3) is 0 Å². The molecule has 4 nitrogen and oxygen atoms in total. The van der Waals surface area contributed by atoms with Crippen molar-refractivity contribution in [3.8, 4) is 11.5 Å². The quantitative estimate of drug-likeness (QED) is 0.868. The molecule has 5 atom stereocenters. The smallest absolute Gasteiger partial charge is 0.165 e. The third-order valence-electron chi connectivity index (χ3n) is 8.30. The van der Waals surface area contributed by atoms with Crippen molar-refractivity contribution in [3.05, 3.63) is 23.3 Å². The van der Waals surface area contributed by atoms with Gasteiger partial charge in [-0.25, -0.2) is 0 Å². The Hall–Kier alpha value is -1.26. The molecule has 1 aromatic rings. The fraction of sp³-hybridized carbons (Fsp3) is 0.714. The van der Waals surface area contributed by atoms with Crippen LogP contribution >= 0.6 is 0 Å². The van der Waals surface area contributed by atoms with Gasteiger partial charge in [0.15, 0.2) is 11.5 Å². The van der Waals surface area contributed by atoms with Gasteiger partial charge in [-0.2, -0.15) is 0 Å². The van der Waals surface area contributed by atoms with Crippen molar-refractivity contribution in [2.24, 2.45) is 11.3 Å². The highest BCUT2D eigenvalue weighted by molar-refractivity contribution is 5.61. The molecule has 1 spiro atoms. The molecule has 6 rings (SSSR count). The van der Waals surface area contributed by atoms with Crippen LogP contribution in [-0.2, 0) is 11.8 Å². The van der Waals surface area contributed by atoms with Crippen LogP contribution in [0.15, 0.2) is 12.1 Å². The molecule has 4 heteroatoms. The van der Waals surface area contributed by atoms with E-state index in [1.165, 1.54) is 30.5 Å². The average Bonchev–Trinajstić information content (AvgIpc) is 3.32. The van der Waals surface area contributed by atoms with E-state index in [1.807, 2.05) is 0 Å². The number of rotatable bonds is 2. The molecule has 2 aliphatic heterocycles. The van der Waals surface area contributed by atoms with Crippen molar-refractivity contribution in [1.29, 1.82) is 0 Å². The van der Waals surface area contributed by atoms with Gasteiger partial charge < -0.3 is 14.9 Å². The van der Waals surface area contributed by atoms with Crippen LogP contribution < -0.4 is 4.74 Å². The summed E-state index contributed by atoms with van der Waals surface area (Å²) < 4.78 is 6.30. The van der Waals surface area contributed by atoms with Gasteiger partial charge in [-0.05, 0) is 68.0 Å². The number of hydrogen-bond donors (Lipinski definition) is 2. The summed E-state index contributed by atoms with van der Waals surface area (Å²) in [7, 11) is 0. The Balaban J connectivity index is 1.57. The Morgan fingerprint density at radius 1 is 1.24 bits per heavy atom. The van der Waals surface area contributed by atoms with E-state index in [0.717, 1.165) is 38.1 Å². The lowest BCUT2D eigenvalue weighted by Gasteiger charge is -2.65. The third-order valence-corrected chi connectivity index (χ3v) is 8.30. The van der Waals surface area contributed by atoms with Crippen LogP contribution in [0, 0.1) is 11.3 Å². The predicted molar refractivity (Wildman–Crippen MR) is 94.0 cm³/mol. The minimum absolute atomic E-state index is 0.121. The molecule has 5 aliphatic rings. The molecule has 25 heavy (non-hydrogen) atoms. The van der Waals surface area contributed by atoms with Crippen LogP contribution in [0.3, 0.4) is 0 Å². The molecule has 0 aromatic heterocycles. The van der Waals surface area contributed by atoms with E-state index < -0.39 is 6.10 Å². The number of hydrogen-bond acceptors (Lipinski definition) is 4. The minimum Gasteiger partial charge on any atom is -0.504 e. The SMILES string of the molecule is C[C@@]12CC[C@@H](O)C3Oc4c(O)ccc5c4[C@@]31CCN(CC1CC1)C2C5. The predicted octanol–water partition coefficient (Wildman–Crippen LogP) is 2.59. The number of benzene rings is 1. The van der Waals surface area contributed by atoms with Crippen LogP contribution in [0.2, 0.25) is 0 Å². The number of aromatic hydroxyl groups is 1. The summed E-state index contributed by atoms with van der Waals surface area (Å²) in [6.07, 6.45) is 6.11. The number of phenolic OH excluding ortho intramolecular Hbond substituents is 1. The first-order chi connectivity index (χ1) is 12.0. The van der Waals surface area contributed by atoms with E-state index >= 15 is 0 Å². The van der Waals surface area contributed by atoms with Crippen molar-refractivity contribution >= 4 is 0 Å². The highest BCUT2D eigenvalue weighted by atomic mass is 16.5. The summed E-state index contributed by atoms with van der Waals surface area (Å²) in [5.41, 5.74) is 2.57. The molecule has 1 aromatic carbocycles. The summed E-state index contributed by atoms with van der Waals surface area (Å²) in [6, 6.07) is 4.43. The minimum atomic E-state index is -0.429. The zero-order chi connectivity index (χ0) is 17.0. The molecule has 2 unspecified atom stereocenters. The lowest BCUT2D eigenvalue weighted by Crippen LogP contribution is -2.72. The number of ether oxygens (including phenoxy) is 1. The largest absolute Gasteiger partial charge is 0.504 e. The maximum absolute atomic E-state index is 10.8. The standard InChI is InChI=1S/C21H27NO3/c1-20-7-6-15(24)19-21(20)8-9-22(11-12-2-3-12)16(20)10-13-4-5-14(23)18(25-19)17(13)21/h4-5,12,15-16,19,23-24H,2-3,6-11H2,1H3/t15-,16?,19?,20+,21+/m1/s1. The summed E-state index contributed by atoms with van der Waals surface area (Å²) >= 11 is 0. The topological polar surface area (TPSA) is 52.9 Å². The fourth-order valence-electron chi connectivity index (χ4n) is 6.91. The summed E-state index contributed by atoms with van der Waals surface area (Å²) in [6.45, 7) is 4.78. The monoisotopic (exact) mass is 341 g/mol. The molecule has 2 bridgehead atoms. The van der Waals surface area contributed by atoms with E-state index in [-0.39, 0.29) is 22.7 Å². The summed E-state index contributed by atoms with van der Waals surface area (Å²) in [5, 5.41) is 21.2. The van der Waals surface area contributed by atoms with E-state index in [9.17, 15) is 10.2 Å². The molecular weight excluding hydrogens is 314 g/mol. The lowest BCUT2D eigenvalue weighted by atomic mass is 9.44. The number of piperidine rings is 1. The van der Waals surface area contributed by atoms with Gasteiger partial charge in [0.2, 0.25) is 0 Å². The molecule has 134 valence electrons. The second-order valence-electron chi connectivity index (χ2n) is 9.39. The zero-order valence-corrected chi connectivity index (χ0v) is 14.9. The molecule has 1 saturated heterocycles. The second-order valence-corrected chi connectivity index (χ2v) is 9.39. The van der Waals surface area contributed by atoms with E-state index in [4.69, 9.17) is 4.74 Å². The number of aliphatic hydroxyl groups excluding tert-OH is 1. The van der Waals surface area contributed by atoms with Crippen LogP contribution in [0.4, 0.5) is 0 Å².